The molecule has 0 aliphatic carbocycles. The molecule has 6 heteroatoms. The molecule has 3 aromatic carbocycles. The van der Waals surface area contributed by atoms with E-state index in [4.69, 9.17) is 16.0 Å². The third-order valence-electron chi connectivity index (χ3n) is 5.09. The molecule has 0 saturated carbocycles. The molecule has 1 fully saturated rings. The minimum absolute atomic E-state index is 0.0601. The molecule has 148 valence electrons. The van der Waals surface area contributed by atoms with Gasteiger partial charge in [0.2, 0.25) is 5.91 Å². The second-order valence-electron chi connectivity index (χ2n) is 7.00. The Balaban J connectivity index is 1.49. The number of carbonyl (C=O) groups excluding carboxylic acids is 1. The zero-order valence-electron chi connectivity index (χ0n) is 15.7. The zero-order chi connectivity index (χ0) is 20.7. The Morgan fingerprint density at radius 2 is 1.67 bits per heavy atom. The fraction of sp³-hybridized carbons (Fsp3) is 0.0833. The highest BCUT2D eigenvalue weighted by Gasteiger charge is 2.34. The summed E-state index contributed by atoms with van der Waals surface area (Å²) in [6, 6.07) is 23.8. The lowest BCUT2D eigenvalue weighted by molar-refractivity contribution is -0.115. The van der Waals surface area contributed by atoms with Crippen LogP contribution < -0.4 is 10.3 Å². The second-order valence-corrected chi connectivity index (χ2v) is 8.50. The van der Waals surface area contributed by atoms with E-state index in [0.717, 1.165) is 16.8 Å². The van der Waals surface area contributed by atoms with Crippen molar-refractivity contribution < 1.29 is 9.21 Å². The summed E-state index contributed by atoms with van der Waals surface area (Å²) < 4.78 is 5.92. The van der Waals surface area contributed by atoms with Crippen LogP contribution in [0.5, 0.6) is 0 Å². The Morgan fingerprint density at radius 1 is 0.933 bits per heavy atom. The van der Waals surface area contributed by atoms with Crippen molar-refractivity contribution in [1.29, 1.82) is 0 Å². The van der Waals surface area contributed by atoms with E-state index >= 15 is 0 Å². The first kappa shape index (κ1) is 19.0. The molecule has 1 aromatic heterocycles. The van der Waals surface area contributed by atoms with Crippen molar-refractivity contribution in [1.82, 2.24) is 0 Å². The van der Waals surface area contributed by atoms with Crippen LogP contribution in [0.1, 0.15) is 10.9 Å². The standard InChI is InChI=1S/C24H16ClNO3S/c25-17-9-5-16(6-10-17)24-26(23(28)14-30-24)18-11-7-15(8-12-18)22-13-20(27)19-3-1-2-4-21(19)29-22/h1-13,24H,14H2. The number of nitrogens with zero attached hydrogens (tertiary/aromatic N) is 1. The van der Waals surface area contributed by atoms with Gasteiger partial charge in [0.15, 0.2) is 5.43 Å². The summed E-state index contributed by atoms with van der Waals surface area (Å²) in [5.74, 6) is 0.987. The molecule has 0 bridgehead atoms. The SMILES string of the molecule is O=C1CSC(c2ccc(Cl)cc2)N1c1ccc(-c2cc(=O)c3ccccc3o2)cc1. The van der Waals surface area contributed by atoms with Gasteiger partial charge in [-0.25, -0.2) is 0 Å². The molecule has 1 atom stereocenters. The predicted octanol–water partition coefficient (Wildman–Crippen LogP) is 5.89. The van der Waals surface area contributed by atoms with Crippen LogP contribution in [0.25, 0.3) is 22.3 Å². The lowest BCUT2D eigenvalue weighted by Crippen LogP contribution is -2.27. The number of fused-ring (bicyclic) bond motifs is 1. The van der Waals surface area contributed by atoms with E-state index in [1.807, 2.05) is 60.7 Å². The van der Waals surface area contributed by atoms with E-state index in [-0.39, 0.29) is 16.7 Å². The number of thioether (sulfide) groups is 1. The molecule has 4 aromatic rings. The number of benzene rings is 3. The Labute approximate surface area is 182 Å². The van der Waals surface area contributed by atoms with Crippen molar-refractivity contribution in [2.24, 2.45) is 0 Å². The summed E-state index contributed by atoms with van der Waals surface area (Å²) in [5, 5.41) is 1.13. The van der Waals surface area contributed by atoms with Crippen LogP contribution in [-0.4, -0.2) is 11.7 Å². The molecule has 0 radical (unpaired) electrons. The van der Waals surface area contributed by atoms with Crippen LogP contribution in [0.15, 0.2) is 88.1 Å². The van der Waals surface area contributed by atoms with Gasteiger partial charge in [0.05, 0.1) is 11.1 Å². The number of rotatable bonds is 3. The average molecular weight is 434 g/mol. The molecule has 2 heterocycles. The number of carbonyl (C=O) groups is 1. The maximum atomic E-state index is 12.6. The topological polar surface area (TPSA) is 50.5 Å². The third-order valence-corrected chi connectivity index (χ3v) is 6.55. The van der Waals surface area contributed by atoms with Crippen LogP contribution in [0, 0.1) is 0 Å². The molecular formula is C24H16ClNO3S. The molecule has 4 nitrogen and oxygen atoms in total. The first-order valence-corrected chi connectivity index (χ1v) is 10.9. The summed E-state index contributed by atoms with van der Waals surface area (Å²) >= 11 is 7.59. The number of hydrogen-bond acceptors (Lipinski definition) is 4. The summed E-state index contributed by atoms with van der Waals surface area (Å²) in [4.78, 5) is 26.8. The summed E-state index contributed by atoms with van der Waals surface area (Å²) in [5.41, 5.74) is 3.09. The second kappa shape index (κ2) is 7.67. The van der Waals surface area contributed by atoms with Gasteiger partial charge in [-0.1, -0.05) is 35.9 Å². The molecule has 1 aliphatic heterocycles. The molecule has 1 unspecified atom stereocenters. The highest BCUT2D eigenvalue weighted by molar-refractivity contribution is 8.00. The van der Waals surface area contributed by atoms with Crippen LogP contribution >= 0.6 is 23.4 Å². The van der Waals surface area contributed by atoms with Gasteiger partial charge < -0.3 is 4.42 Å². The highest BCUT2D eigenvalue weighted by atomic mass is 35.5. The van der Waals surface area contributed by atoms with Gasteiger partial charge in [0.1, 0.15) is 16.7 Å². The van der Waals surface area contributed by atoms with Crippen molar-refractivity contribution in [2.45, 2.75) is 5.37 Å². The normalized spacial score (nSPS) is 16.4. The van der Waals surface area contributed by atoms with E-state index in [2.05, 4.69) is 0 Å². The Kier molecular flexibility index (Phi) is 4.85. The smallest absolute Gasteiger partial charge is 0.238 e. The monoisotopic (exact) mass is 433 g/mol. The van der Waals surface area contributed by atoms with E-state index in [0.29, 0.717) is 27.5 Å². The Bertz CT molecular complexity index is 1300. The number of amides is 1. The van der Waals surface area contributed by atoms with Gasteiger partial charge in [-0.2, -0.15) is 0 Å². The molecule has 1 saturated heterocycles. The van der Waals surface area contributed by atoms with Crippen molar-refractivity contribution in [3.8, 4) is 11.3 Å². The van der Waals surface area contributed by atoms with Crippen LogP contribution in [0.4, 0.5) is 5.69 Å². The molecule has 5 rings (SSSR count). The summed E-state index contributed by atoms with van der Waals surface area (Å²) in [6.45, 7) is 0. The maximum Gasteiger partial charge on any atom is 0.238 e. The van der Waals surface area contributed by atoms with Crippen molar-refractivity contribution in [3.63, 3.8) is 0 Å². The molecular weight excluding hydrogens is 418 g/mol. The van der Waals surface area contributed by atoms with Gasteiger partial charge in [-0.05, 0) is 54.1 Å². The van der Waals surface area contributed by atoms with E-state index in [9.17, 15) is 9.59 Å². The van der Waals surface area contributed by atoms with Gasteiger partial charge in [-0.3, -0.25) is 14.5 Å². The third kappa shape index (κ3) is 3.40. The molecule has 1 aliphatic rings. The number of para-hydroxylation sites is 1. The fourth-order valence-electron chi connectivity index (χ4n) is 3.61. The largest absolute Gasteiger partial charge is 0.456 e. The van der Waals surface area contributed by atoms with Gasteiger partial charge in [0.25, 0.3) is 0 Å². The molecule has 30 heavy (non-hydrogen) atoms. The van der Waals surface area contributed by atoms with E-state index in [1.54, 1.807) is 28.8 Å². The summed E-state index contributed by atoms with van der Waals surface area (Å²) in [6.07, 6.45) is 0. The van der Waals surface area contributed by atoms with Crippen LogP contribution in [0.2, 0.25) is 5.02 Å². The molecule has 0 spiro atoms. The van der Waals surface area contributed by atoms with Gasteiger partial charge in [-0.15, -0.1) is 11.8 Å². The minimum atomic E-state index is -0.0979. The Hall–Kier alpha value is -3.02. The van der Waals surface area contributed by atoms with Crippen molar-refractivity contribution in [2.75, 3.05) is 10.7 Å². The number of anilines is 1. The maximum absolute atomic E-state index is 12.6. The van der Waals surface area contributed by atoms with E-state index in [1.165, 1.54) is 6.07 Å². The van der Waals surface area contributed by atoms with Crippen LogP contribution in [0.3, 0.4) is 0 Å². The minimum Gasteiger partial charge on any atom is -0.456 e. The lowest BCUT2D eigenvalue weighted by atomic mass is 10.1. The zero-order valence-corrected chi connectivity index (χ0v) is 17.3. The fourth-order valence-corrected chi connectivity index (χ4v) is 4.91. The van der Waals surface area contributed by atoms with Gasteiger partial charge >= 0.3 is 0 Å². The highest BCUT2D eigenvalue weighted by Crippen LogP contribution is 2.42. The molecule has 0 N–H and O–H groups in total. The van der Waals surface area contributed by atoms with Crippen molar-refractivity contribution in [3.05, 3.63) is 99.7 Å². The first-order valence-electron chi connectivity index (χ1n) is 9.42. The first-order chi connectivity index (χ1) is 14.6. The van der Waals surface area contributed by atoms with Gasteiger partial charge in [0, 0.05) is 22.3 Å². The predicted molar refractivity (Wildman–Crippen MR) is 122 cm³/mol. The van der Waals surface area contributed by atoms with Crippen LogP contribution in [-0.2, 0) is 4.79 Å². The quantitative estimate of drug-likeness (QED) is 0.404. The van der Waals surface area contributed by atoms with Crippen molar-refractivity contribution >= 4 is 45.9 Å². The number of halogens is 1. The van der Waals surface area contributed by atoms with E-state index < -0.39 is 0 Å². The molecule has 1 amide bonds. The average Bonchev–Trinajstić information content (AvgIpc) is 3.16. The Morgan fingerprint density at radius 3 is 2.43 bits per heavy atom. The summed E-state index contributed by atoms with van der Waals surface area (Å²) in [7, 11) is 0. The lowest BCUT2D eigenvalue weighted by Gasteiger charge is -2.24. The number of hydrogen-bond donors (Lipinski definition) is 0.